The van der Waals surface area contributed by atoms with Gasteiger partial charge >= 0.3 is 5.97 Å². The highest BCUT2D eigenvalue weighted by atomic mass is 16.5. The number of primary amides is 1. The van der Waals surface area contributed by atoms with Crippen molar-refractivity contribution >= 4 is 17.6 Å². The third-order valence-electron chi connectivity index (χ3n) is 2.48. The zero-order valence-corrected chi connectivity index (χ0v) is 10.5. The highest BCUT2D eigenvalue weighted by Gasteiger charge is 2.12. The molecule has 1 unspecified atom stereocenters. The molecule has 0 fully saturated rings. The van der Waals surface area contributed by atoms with Crippen LogP contribution in [-0.4, -0.2) is 40.6 Å². The van der Waals surface area contributed by atoms with E-state index in [9.17, 15) is 9.59 Å². The number of nitrogens with zero attached hydrogens (tertiary/aromatic N) is 1. The lowest BCUT2D eigenvalue weighted by Gasteiger charge is -2.09. The molecule has 8 nitrogen and oxygen atoms in total. The van der Waals surface area contributed by atoms with Crippen LogP contribution in [0.25, 0.3) is 0 Å². The Kier molecular flexibility index (Phi) is 5.48. The lowest BCUT2D eigenvalue weighted by Crippen LogP contribution is -2.31. The van der Waals surface area contributed by atoms with Gasteiger partial charge in [0.25, 0.3) is 5.91 Å². The summed E-state index contributed by atoms with van der Waals surface area (Å²) in [5, 5.41) is 20.1. The molecule has 0 bridgehead atoms. The molecule has 1 rings (SSSR count). The summed E-state index contributed by atoms with van der Waals surface area (Å²) in [6.07, 6.45) is 0.168. The number of nitrogens with two attached hydrogens (primary N) is 2. The number of amides is 1. The standard InChI is InChI=1S/C12H15N3O5/c13-9(12(17)18)5-6-20-8-3-1-7(2-4-8)10(15-19)11(14)16/h1-4,9,19H,5-6,13H2,(H2,14,16)(H,17,18)/b15-10-. The molecule has 1 amide bonds. The van der Waals surface area contributed by atoms with E-state index in [2.05, 4.69) is 5.16 Å². The molecule has 0 aromatic heterocycles. The summed E-state index contributed by atoms with van der Waals surface area (Å²) >= 11 is 0. The predicted octanol–water partition coefficient (Wildman–Crippen LogP) is -0.469. The number of carbonyl (C=O) groups is 2. The zero-order valence-electron chi connectivity index (χ0n) is 10.5. The maximum Gasteiger partial charge on any atom is 0.320 e. The number of benzene rings is 1. The Morgan fingerprint density at radius 2 is 1.90 bits per heavy atom. The van der Waals surface area contributed by atoms with Crippen molar-refractivity contribution in [2.75, 3.05) is 6.61 Å². The van der Waals surface area contributed by atoms with Gasteiger partial charge in [-0.1, -0.05) is 5.16 Å². The van der Waals surface area contributed by atoms with Gasteiger partial charge in [0.1, 0.15) is 11.8 Å². The summed E-state index contributed by atoms with van der Waals surface area (Å²) in [7, 11) is 0. The summed E-state index contributed by atoms with van der Waals surface area (Å²) in [6.45, 7) is 0.142. The van der Waals surface area contributed by atoms with E-state index < -0.39 is 17.9 Å². The number of hydrogen-bond acceptors (Lipinski definition) is 6. The van der Waals surface area contributed by atoms with Crippen LogP contribution in [0.3, 0.4) is 0 Å². The third kappa shape index (κ3) is 4.25. The van der Waals surface area contributed by atoms with Crippen LogP contribution in [0.5, 0.6) is 5.75 Å². The van der Waals surface area contributed by atoms with E-state index in [0.29, 0.717) is 11.3 Å². The maximum atomic E-state index is 11.0. The van der Waals surface area contributed by atoms with Crippen LogP contribution in [-0.2, 0) is 9.59 Å². The van der Waals surface area contributed by atoms with Crippen molar-refractivity contribution in [2.24, 2.45) is 16.6 Å². The summed E-state index contributed by atoms with van der Waals surface area (Å²) in [6, 6.07) is 5.08. The van der Waals surface area contributed by atoms with Crippen molar-refractivity contribution in [3.05, 3.63) is 29.8 Å². The monoisotopic (exact) mass is 281 g/mol. The van der Waals surface area contributed by atoms with E-state index in [0.717, 1.165) is 0 Å². The van der Waals surface area contributed by atoms with Crippen molar-refractivity contribution in [3.8, 4) is 5.75 Å². The van der Waals surface area contributed by atoms with Crippen LogP contribution >= 0.6 is 0 Å². The average molecular weight is 281 g/mol. The molecule has 1 aromatic rings. The molecular formula is C12H15N3O5. The van der Waals surface area contributed by atoms with Gasteiger partial charge in [-0.15, -0.1) is 0 Å². The van der Waals surface area contributed by atoms with Crippen LogP contribution in [0.2, 0.25) is 0 Å². The fourth-order valence-electron chi connectivity index (χ4n) is 1.39. The summed E-state index contributed by atoms with van der Waals surface area (Å²) in [4.78, 5) is 21.5. The number of carboxylic acids is 1. The number of carbonyl (C=O) groups excluding carboxylic acids is 1. The van der Waals surface area contributed by atoms with Crippen molar-refractivity contribution in [3.63, 3.8) is 0 Å². The Morgan fingerprint density at radius 3 is 2.35 bits per heavy atom. The van der Waals surface area contributed by atoms with E-state index >= 15 is 0 Å². The summed E-state index contributed by atoms with van der Waals surface area (Å²) in [5.41, 5.74) is 10.4. The highest BCUT2D eigenvalue weighted by molar-refractivity contribution is 6.44. The highest BCUT2D eigenvalue weighted by Crippen LogP contribution is 2.13. The fraction of sp³-hybridized carbons (Fsp3) is 0.250. The van der Waals surface area contributed by atoms with Gasteiger partial charge < -0.3 is 26.5 Å². The molecule has 0 spiro atoms. The molecule has 1 atom stereocenters. The second-order valence-electron chi connectivity index (χ2n) is 3.92. The van der Waals surface area contributed by atoms with Gasteiger partial charge in [-0.3, -0.25) is 9.59 Å². The lowest BCUT2D eigenvalue weighted by atomic mass is 10.1. The van der Waals surface area contributed by atoms with Crippen LogP contribution in [0.1, 0.15) is 12.0 Å². The number of ether oxygens (including phenoxy) is 1. The minimum atomic E-state index is -1.09. The first-order chi connectivity index (χ1) is 9.45. The Bertz CT molecular complexity index is 512. The molecule has 1 aromatic carbocycles. The van der Waals surface area contributed by atoms with Gasteiger partial charge in [-0.05, 0) is 24.3 Å². The molecule has 8 heteroatoms. The Balaban J connectivity index is 2.59. The minimum Gasteiger partial charge on any atom is -0.494 e. The molecular weight excluding hydrogens is 266 g/mol. The predicted molar refractivity (Wildman–Crippen MR) is 69.7 cm³/mol. The van der Waals surface area contributed by atoms with Crippen LogP contribution < -0.4 is 16.2 Å². The minimum absolute atomic E-state index is 0.142. The van der Waals surface area contributed by atoms with Gasteiger partial charge in [-0.2, -0.15) is 0 Å². The quantitative estimate of drug-likeness (QED) is 0.301. The Morgan fingerprint density at radius 1 is 1.30 bits per heavy atom. The van der Waals surface area contributed by atoms with Crippen molar-refractivity contribution in [1.29, 1.82) is 0 Å². The number of oxime groups is 1. The largest absolute Gasteiger partial charge is 0.494 e. The zero-order chi connectivity index (χ0) is 15.1. The van der Waals surface area contributed by atoms with E-state index in [1.807, 2.05) is 0 Å². The summed E-state index contributed by atoms with van der Waals surface area (Å²) < 4.78 is 5.29. The molecule has 0 radical (unpaired) electrons. The van der Waals surface area contributed by atoms with Gasteiger partial charge in [0, 0.05) is 12.0 Å². The first-order valence-corrected chi connectivity index (χ1v) is 5.69. The molecule has 0 heterocycles. The van der Waals surface area contributed by atoms with Gasteiger partial charge in [-0.25, -0.2) is 0 Å². The molecule has 0 aliphatic carbocycles. The third-order valence-corrected chi connectivity index (χ3v) is 2.48. The number of hydrogen-bond donors (Lipinski definition) is 4. The van der Waals surface area contributed by atoms with Gasteiger partial charge in [0.15, 0.2) is 5.71 Å². The smallest absolute Gasteiger partial charge is 0.320 e. The second-order valence-corrected chi connectivity index (χ2v) is 3.92. The van der Waals surface area contributed by atoms with Crippen LogP contribution in [0.15, 0.2) is 29.4 Å². The lowest BCUT2D eigenvalue weighted by molar-refractivity contribution is -0.138. The molecule has 20 heavy (non-hydrogen) atoms. The molecule has 0 saturated carbocycles. The number of aliphatic carboxylic acids is 1. The Labute approximate surface area is 114 Å². The molecule has 0 aliphatic rings. The molecule has 0 saturated heterocycles. The molecule has 0 aliphatic heterocycles. The van der Waals surface area contributed by atoms with Crippen LogP contribution in [0.4, 0.5) is 0 Å². The fourth-order valence-corrected chi connectivity index (χ4v) is 1.39. The Hall–Kier alpha value is -2.61. The molecule has 108 valence electrons. The van der Waals surface area contributed by atoms with E-state index in [-0.39, 0.29) is 18.7 Å². The van der Waals surface area contributed by atoms with Crippen molar-refractivity contribution in [2.45, 2.75) is 12.5 Å². The first-order valence-electron chi connectivity index (χ1n) is 5.69. The second kappa shape index (κ2) is 7.10. The van der Waals surface area contributed by atoms with Gasteiger partial charge in [0.05, 0.1) is 6.61 Å². The van der Waals surface area contributed by atoms with E-state index in [4.69, 9.17) is 26.5 Å². The van der Waals surface area contributed by atoms with Gasteiger partial charge in [0.2, 0.25) is 0 Å². The summed E-state index contributed by atoms with van der Waals surface area (Å²) in [5.74, 6) is -1.48. The number of rotatable bonds is 7. The first kappa shape index (κ1) is 15.4. The number of carboxylic acid groups (broad SMARTS) is 1. The van der Waals surface area contributed by atoms with Crippen LogP contribution in [0, 0.1) is 0 Å². The normalized spacial score (nSPS) is 12.8. The van der Waals surface area contributed by atoms with E-state index in [1.165, 1.54) is 24.3 Å². The van der Waals surface area contributed by atoms with Crippen molar-refractivity contribution in [1.82, 2.24) is 0 Å². The van der Waals surface area contributed by atoms with Crippen molar-refractivity contribution < 1.29 is 24.6 Å². The topological polar surface area (TPSA) is 148 Å². The molecule has 6 N–H and O–H groups in total. The SMILES string of the molecule is NC(=O)/C(=N\O)c1ccc(OCCC(N)C(=O)O)cc1. The average Bonchev–Trinajstić information content (AvgIpc) is 2.40. The maximum absolute atomic E-state index is 11.0. The van der Waals surface area contributed by atoms with E-state index in [1.54, 1.807) is 0 Å².